The molecule has 1 saturated heterocycles. The van der Waals surface area contributed by atoms with Gasteiger partial charge in [-0.05, 0) is 30.2 Å². The average Bonchev–Trinajstić information content (AvgIpc) is 3.07. The Labute approximate surface area is 164 Å². The minimum atomic E-state index is -3.33. The van der Waals surface area contributed by atoms with Crippen LogP contribution in [-0.2, 0) is 19.6 Å². The van der Waals surface area contributed by atoms with Crippen molar-refractivity contribution in [3.63, 3.8) is 0 Å². The number of hydrogen-bond acceptors (Lipinski definition) is 5. The van der Waals surface area contributed by atoms with Crippen LogP contribution in [0, 0.1) is 0 Å². The first-order chi connectivity index (χ1) is 13.4. The number of hydrogen-bond donors (Lipinski definition) is 1. The molecule has 1 aliphatic rings. The lowest BCUT2D eigenvalue weighted by atomic mass is 10.0. The number of benzene rings is 2. The number of anilines is 1. The Bertz CT molecular complexity index is 960. The van der Waals surface area contributed by atoms with E-state index in [1.807, 2.05) is 30.3 Å². The van der Waals surface area contributed by atoms with Crippen molar-refractivity contribution in [3.8, 4) is 0 Å². The Kier molecular flexibility index (Phi) is 5.99. The van der Waals surface area contributed by atoms with Gasteiger partial charge in [-0.15, -0.1) is 0 Å². The molecule has 0 aromatic heterocycles. The van der Waals surface area contributed by atoms with E-state index in [0.717, 1.165) is 5.56 Å². The van der Waals surface area contributed by atoms with Crippen molar-refractivity contribution in [3.05, 3.63) is 65.7 Å². The molecule has 1 fully saturated rings. The first kappa shape index (κ1) is 19.9. The molecule has 1 N–H and O–H groups in total. The lowest BCUT2D eigenvalue weighted by Gasteiger charge is -2.20. The summed E-state index contributed by atoms with van der Waals surface area (Å²) in [6, 6.07) is 15.1. The molecule has 148 valence electrons. The van der Waals surface area contributed by atoms with Gasteiger partial charge in [-0.3, -0.25) is 13.9 Å². The van der Waals surface area contributed by atoms with Gasteiger partial charge < -0.3 is 10.1 Å². The van der Waals surface area contributed by atoms with Crippen LogP contribution in [0.2, 0.25) is 0 Å². The number of ether oxygens (including phenoxy) is 1. The van der Waals surface area contributed by atoms with Gasteiger partial charge in [0.2, 0.25) is 10.0 Å². The lowest BCUT2D eigenvalue weighted by Crippen LogP contribution is -2.31. The zero-order valence-electron chi connectivity index (χ0n) is 15.5. The van der Waals surface area contributed by atoms with Crippen molar-refractivity contribution in [2.24, 2.45) is 0 Å². The predicted octanol–water partition coefficient (Wildman–Crippen LogP) is 2.26. The molecule has 0 radical (unpaired) electrons. The van der Waals surface area contributed by atoms with Crippen molar-refractivity contribution in [1.82, 2.24) is 5.32 Å². The van der Waals surface area contributed by atoms with Gasteiger partial charge in [-0.25, -0.2) is 8.42 Å². The Morgan fingerprint density at radius 1 is 1.14 bits per heavy atom. The van der Waals surface area contributed by atoms with Crippen LogP contribution in [0.4, 0.5) is 5.69 Å². The molecule has 0 spiro atoms. The number of esters is 1. The fourth-order valence-electron chi connectivity index (χ4n) is 3.16. The number of nitrogens with one attached hydrogen (secondary N) is 1. The highest BCUT2D eigenvalue weighted by molar-refractivity contribution is 7.93. The van der Waals surface area contributed by atoms with Crippen LogP contribution in [0.15, 0.2) is 54.6 Å². The summed E-state index contributed by atoms with van der Waals surface area (Å²) in [7, 11) is -2.03. The summed E-state index contributed by atoms with van der Waals surface area (Å²) in [6.07, 6.45) is 0.556. The van der Waals surface area contributed by atoms with Gasteiger partial charge in [-0.1, -0.05) is 36.4 Å². The van der Waals surface area contributed by atoms with E-state index in [0.29, 0.717) is 24.2 Å². The van der Waals surface area contributed by atoms with Gasteiger partial charge in [-0.2, -0.15) is 0 Å². The Balaban J connectivity index is 1.82. The molecule has 0 saturated carbocycles. The maximum atomic E-state index is 12.8. The van der Waals surface area contributed by atoms with Crippen molar-refractivity contribution in [2.45, 2.75) is 18.9 Å². The van der Waals surface area contributed by atoms with Gasteiger partial charge in [0.25, 0.3) is 5.91 Å². The summed E-state index contributed by atoms with van der Waals surface area (Å²) in [5.74, 6) is -0.721. The van der Waals surface area contributed by atoms with E-state index in [9.17, 15) is 18.0 Å². The molecular formula is C20H22N2O5S. The fraction of sp³-hybridized carbons (Fsp3) is 0.300. The molecule has 1 heterocycles. The summed E-state index contributed by atoms with van der Waals surface area (Å²) >= 11 is 0. The first-order valence-corrected chi connectivity index (χ1v) is 10.5. The second-order valence-corrected chi connectivity index (χ2v) is 8.52. The van der Waals surface area contributed by atoms with Gasteiger partial charge in [0.05, 0.1) is 31.0 Å². The summed E-state index contributed by atoms with van der Waals surface area (Å²) < 4.78 is 30.3. The second kappa shape index (κ2) is 8.43. The third kappa shape index (κ3) is 4.51. The maximum Gasteiger partial charge on any atom is 0.307 e. The second-order valence-electron chi connectivity index (χ2n) is 6.51. The number of sulfonamides is 1. The molecule has 2 aromatic carbocycles. The summed E-state index contributed by atoms with van der Waals surface area (Å²) in [5, 5.41) is 2.85. The Morgan fingerprint density at radius 2 is 1.89 bits per heavy atom. The molecule has 1 atom stereocenters. The van der Waals surface area contributed by atoms with Gasteiger partial charge in [0.1, 0.15) is 0 Å². The molecule has 0 aliphatic carbocycles. The Morgan fingerprint density at radius 3 is 2.54 bits per heavy atom. The van der Waals surface area contributed by atoms with Gasteiger partial charge >= 0.3 is 5.97 Å². The van der Waals surface area contributed by atoms with Gasteiger partial charge in [0.15, 0.2) is 0 Å². The maximum absolute atomic E-state index is 12.8. The summed E-state index contributed by atoms with van der Waals surface area (Å²) in [5.41, 5.74) is 1.57. The Hall–Kier alpha value is -2.87. The number of carbonyl (C=O) groups excluding carboxylic acids is 2. The van der Waals surface area contributed by atoms with E-state index in [1.54, 1.807) is 24.3 Å². The normalized spacial score (nSPS) is 16.4. The molecular weight excluding hydrogens is 380 g/mol. The van der Waals surface area contributed by atoms with E-state index < -0.39 is 27.9 Å². The molecule has 28 heavy (non-hydrogen) atoms. The van der Waals surface area contributed by atoms with Crippen LogP contribution in [0.5, 0.6) is 0 Å². The quantitative estimate of drug-likeness (QED) is 0.748. The van der Waals surface area contributed by atoms with E-state index in [-0.39, 0.29) is 12.2 Å². The third-order valence-electron chi connectivity index (χ3n) is 4.60. The van der Waals surface area contributed by atoms with E-state index >= 15 is 0 Å². The fourth-order valence-corrected chi connectivity index (χ4v) is 4.72. The largest absolute Gasteiger partial charge is 0.469 e. The van der Waals surface area contributed by atoms with Crippen LogP contribution in [0.1, 0.15) is 34.8 Å². The topological polar surface area (TPSA) is 92.8 Å². The molecule has 1 amide bonds. The van der Waals surface area contributed by atoms with Crippen molar-refractivity contribution >= 4 is 27.6 Å². The molecule has 2 aromatic rings. The number of amides is 1. The highest BCUT2D eigenvalue weighted by Crippen LogP contribution is 2.25. The van der Waals surface area contributed by atoms with Crippen molar-refractivity contribution in [2.75, 3.05) is 23.7 Å². The molecule has 1 unspecified atom stereocenters. The zero-order chi connectivity index (χ0) is 20.1. The van der Waals surface area contributed by atoms with E-state index in [4.69, 9.17) is 4.74 Å². The van der Waals surface area contributed by atoms with E-state index in [1.165, 1.54) is 11.4 Å². The van der Waals surface area contributed by atoms with Crippen LogP contribution in [-0.4, -0.2) is 39.7 Å². The number of carbonyl (C=O) groups is 2. The zero-order valence-corrected chi connectivity index (χ0v) is 16.3. The monoisotopic (exact) mass is 402 g/mol. The molecule has 0 bridgehead atoms. The molecule has 8 heteroatoms. The van der Waals surface area contributed by atoms with Crippen LogP contribution in [0.3, 0.4) is 0 Å². The minimum Gasteiger partial charge on any atom is -0.469 e. The molecule has 1 aliphatic heterocycles. The highest BCUT2D eigenvalue weighted by Gasteiger charge is 2.29. The van der Waals surface area contributed by atoms with Crippen molar-refractivity contribution < 1.29 is 22.7 Å². The average molecular weight is 402 g/mol. The minimum absolute atomic E-state index is 0.00749. The van der Waals surface area contributed by atoms with Crippen molar-refractivity contribution in [1.29, 1.82) is 0 Å². The molecule has 3 rings (SSSR count). The molecule has 7 nitrogen and oxygen atoms in total. The standard InChI is InChI=1S/C20H22N2O5S/c1-27-19(23)14-18(15-7-3-2-4-8-15)21-20(24)16-9-5-10-17(13-16)22-11-6-12-28(22,25)26/h2-5,7-10,13,18H,6,11-12,14H2,1H3,(H,21,24). The smallest absolute Gasteiger partial charge is 0.307 e. The number of nitrogens with zero attached hydrogens (tertiary/aromatic N) is 1. The predicted molar refractivity (Wildman–Crippen MR) is 105 cm³/mol. The number of rotatable bonds is 6. The third-order valence-corrected chi connectivity index (χ3v) is 6.47. The summed E-state index contributed by atoms with van der Waals surface area (Å²) in [6.45, 7) is 0.405. The van der Waals surface area contributed by atoms with Crippen LogP contribution >= 0.6 is 0 Å². The van der Waals surface area contributed by atoms with E-state index in [2.05, 4.69) is 5.32 Å². The lowest BCUT2D eigenvalue weighted by molar-refractivity contribution is -0.141. The highest BCUT2D eigenvalue weighted by atomic mass is 32.2. The van der Waals surface area contributed by atoms with Gasteiger partial charge in [0, 0.05) is 12.1 Å². The summed E-state index contributed by atoms with van der Waals surface area (Å²) in [4.78, 5) is 24.6. The van der Waals surface area contributed by atoms with Crippen LogP contribution < -0.4 is 9.62 Å². The number of methoxy groups -OCH3 is 1. The first-order valence-electron chi connectivity index (χ1n) is 8.94. The SMILES string of the molecule is COC(=O)CC(NC(=O)c1cccc(N2CCCS2(=O)=O)c1)c1ccccc1. The van der Waals surface area contributed by atoms with Crippen LogP contribution in [0.25, 0.3) is 0 Å².